The summed E-state index contributed by atoms with van der Waals surface area (Å²) >= 11 is 1.53. The first-order chi connectivity index (χ1) is 10.7. The molecule has 0 amide bonds. The monoisotopic (exact) mass is 317 g/mol. The first kappa shape index (κ1) is 16.9. The molecule has 2 heterocycles. The van der Waals surface area contributed by atoms with Crippen LogP contribution in [0.3, 0.4) is 0 Å². The molecule has 119 valence electrons. The largest absolute Gasteiger partial charge is 0.340 e. The van der Waals surface area contributed by atoms with Crippen molar-refractivity contribution in [2.45, 2.75) is 46.5 Å². The second-order valence-corrected chi connectivity index (χ2v) is 6.60. The van der Waals surface area contributed by atoms with Crippen molar-refractivity contribution in [1.29, 1.82) is 0 Å². The fraction of sp³-hybridized carbons (Fsp3) is 0.588. The molecule has 0 spiro atoms. The summed E-state index contributed by atoms with van der Waals surface area (Å²) in [6, 6.07) is 0. The van der Waals surface area contributed by atoms with Crippen LogP contribution in [0.4, 0.5) is 5.95 Å². The Hall–Kier alpha value is -1.49. The van der Waals surface area contributed by atoms with Gasteiger partial charge in [-0.15, -0.1) is 11.3 Å². The minimum atomic E-state index is 0.735. The van der Waals surface area contributed by atoms with Gasteiger partial charge < -0.3 is 4.90 Å². The molecule has 5 heteroatoms. The van der Waals surface area contributed by atoms with E-state index in [1.54, 1.807) is 0 Å². The molecular weight excluding hydrogens is 292 g/mol. The van der Waals surface area contributed by atoms with Crippen LogP contribution in [0, 0.1) is 11.4 Å². The number of hydrogen-bond donors (Lipinski definition) is 0. The van der Waals surface area contributed by atoms with Gasteiger partial charge in [-0.3, -0.25) is 0 Å². The first-order valence-corrected chi connectivity index (χ1v) is 8.93. The van der Waals surface area contributed by atoms with E-state index in [2.05, 4.69) is 51.5 Å². The fourth-order valence-electron chi connectivity index (χ4n) is 2.27. The van der Waals surface area contributed by atoms with E-state index in [1.807, 2.05) is 12.4 Å². The van der Waals surface area contributed by atoms with Gasteiger partial charge in [0.1, 0.15) is 0 Å². The van der Waals surface area contributed by atoms with E-state index in [-0.39, 0.29) is 0 Å². The van der Waals surface area contributed by atoms with Crippen LogP contribution in [0.2, 0.25) is 0 Å². The third kappa shape index (κ3) is 5.37. The van der Waals surface area contributed by atoms with Crippen LogP contribution in [0.25, 0.3) is 0 Å². The molecule has 0 aliphatic heterocycles. The van der Waals surface area contributed by atoms with Crippen molar-refractivity contribution in [1.82, 2.24) is 15.0 Å². The summed E-state index contributed by atoms with van der Waals surface area (Å²) in [5.74, 6) is 1.57. The molecule has 2 rings (SSSR count). The van der Waals surface area contributed by atoms with Crippen LogP contribution in [0.5, 0.6) is 0 Å². The Labute approximate surface area is 137 Å². The highest BCUT2D eigenvalue weighted by Gasteiger charge is 2.11. The summed E-state index contributed by atoms with van der Waals surface area (Å²) < 4.78 is 0. The van der Waals surface area contributed by atoms with Crippen molar-refractivity contribution in [3.63, 3.8) is 0 Å². The number of nitrogens with zero attached hydrogens (tertiary/aromatic N) is 4. The summed E-state index contributed by atoms with van der Waals surface area (Å²) in [5.41, 5.74) is 5.19. The predicted molar refractivity (Wildman–Crippen MR) is 92.3 cm³/mol. The smallest absolute Gasteiger partial charge is 0.225 e. The van der Waals surface area contributed by atoms with Crippen molar-refractivity contribution >= 4 is 17.3 Å². The summed E-state index contributed by atoms with van der Waals surface area (Å²) in [6.45, 7) is 8.56. The van der Waals surface area contributed by atoms with Crippen LogP contribution in [-0.2, 0) is 12.8 Å². The zero-order chi connectivity index (χ0) is 15.8. The van der Waals surface area contributed by atoms with Gasteiger partial charge in [0, 0.05) is 37.3 Å². The Kier molecular flexibility index (Phi) is 6.77. The molecular formula is C17H25N4S. The van der Waals surface area contributed by atoms with Gasteiger partial charge in [-0.2, -0.15) is 0 Å². The van der Waals surface area contributed by atoms with E-state index in [0.29, 0.717) is 0 Å². The van der Waals surface area contributed by atoms with Gasteiger partial charge in [-0.25, -0.2) is 15.0 Å². The highest BCUT2D eigenvalue weighted by atomic mass is 32.1. The maximum Gasteiger partial charge on any atom is 0.225 e. The molecule has 0 aliphatic rings. The van der Waals surface area contributed by atoms with Gasteiger partial charge in [0.2, 0.25) is 5.95 Å². The lowest BCUT2D eigenvalue weighted by Crippen LogP contribution is -2.29. The molecule has 0 unspecified atom stereocenters. The Morgan fingerprint density at radius 1 is 1.23 bits per heavy atom. The molecule has 2 aromatic rings. The zero-order valence-electron chi connectivity index (χ0n) is 13.7. The summed E-state index contributed by atoms with van der Waals surface area (Å²) in [6.07, 6.45) is 8.17. The number of anilines is 1. The third-order valence-corrected chi connectivity index (χ3v) is 4.25. The molecule has 1 radical (unpaired) electrons. The van der Waals surface area contributed by atoms with Crippen molar-refractivity contribution in [2.75, 3.05) is 18.0 Å². The molecule has 0 saturated heterocycles. The van der Waals surface area contributed by atoms with E-state index in [1.165, 1.54) is 29.7 Å². The Morgan fingerprint density at radius 3 is 2.59 bits per heavy atom. The lowest BCUT2D eigenvalue weighted by Gasteiger charge is -2.22. The lowest BCUT2D eigenvalue weighted by atomic mass is 10.1. The number of hydrogen-bond acceptors (Lipinski definition) is 5. The maximum atomic E-state index is 4.54. The van der Waals surface area contributed by atoms with Crippen molar-refractivity contribution in [3.8, 4) is 0 Å². The molecule has 0 atom stereocenters. The molecule has 4 nitrogen and oxygen atoms in total. The standard InChI is InChI=1S/C17H25N4S/c1-4-15-10-18-17(19-11-15)21(8-5-6-14(2)3)9-7-16-12-22-13-20-16/h10-12,14H,4-9H2,1-3H3. The second-order valence-electron chi connectivity index (χ2n) is 5.95. The van der Waals surface area contributed by atoms with Crippen LogP contribution in [0.1, 0.15) is 44.9 Å². The minimum Gasteiger partial charge on any atom is -0.340 e. The SMILES string of the molecule is CCc1cnc(N(CCCC(C)C)CCc2cs[c]n2)nc1. The van der Waals surface area contributed by atoms with Crippen LogP contribution in [-0.4, -0.2) is 28.0 Å². The van der Waals surface area contributed by atoms with Crippen LogP contribution in [0.15, 0.2) is 17.8 Å². The quantitative estimate of drug-likeness (QED) is 0.706. The third-order valence-electron chi connectivity index (χ3n) is 3.67. The van der Waals surface area contributed by atoms with E-state index in [9.17, 15) is 0 Å². The summed E-state index contributed by atoms with van der Waals surface area (Å²) in [7, 11) is 0. The van der Waals surface area contributed by atoms with Gasteiger partial charge >= 0.3 is 0 Å². The van der Waals surface area contributed by atoms with E-state index >= 15 is 0 Å². The number of aromatic nitrogens is 3. The Morgan fingerprint density at radius 2 is 2.00 bits per heavy atom. The molecule has 0 N–H and O–H groups in total. The Bertz CT molecular complexity index is 522. The fourth-order valence-corrected chi connectivity index (χ4v) is 2.80. The van der Waals surface area contributed by atoms with Gasteiger partial charge in [0.15, 0.2) is 5.51 Å². The van der Waals surface area contributed by atoms with Crippen LogP contribution < -0.4 is 4.90 Å². The first-order valence-electron chi connectivity index (χ1n) is 8.05. The van der Waals surface area contributed by atoms with E-state index in [4.69, 9.17) is 0 Å². The lowest BCUT2D eigenvalue weighted by molar-refractivity contribution is 0.546. The van der Waals surface area contributed by atoms with Crippen LogP contribution >= 0.6 is 11.3 Å². The second kappa shape index (κ2) is 8.83. The normalized spacial score (nSPS) is 11.1. The van der Waals surface area contributed by atoms with Crippen molar-refractivity contribution in [2.24, 2.45) is 5.92 Å². The van der Waals surface area contributed by atoms with E-state index < -0.39 is 0 Å². The average Bonchev–Trinajstić information content (AvgIpc) is 3.04. The summed E-state index contributed by atoms with van der Waals surface area (Å²) in [5, 5.41) is 2.06. The van der Waals surface area contributed by atoms with Crippen molar-refractivity contribution in [3.05, 3.63) is 34.5 Å². The Balaban J connectivity index is 1.98. The average molecular weight is 317 g/mol. The molecule has 0 fully saturated rings. The topological polar surface area (TPSA) is 41.9 Å². The zero-order valence-corrected chi connectivity index (χ0v) is 14.6. The number of thiazole rings is 1. The van der Waals surface area contributed by atoms with Gasteiger partial charge in [-0.1, -0.05) is 20.8 Å². The van der Waals surface area contributed by atoms with Gasteiger partial charge in [0.05, 0.1) is 5.69 Å². The molecule has 0 saturated carbocycles. The molecule has 0 aromatic carbocycles. The number of aryl methyl sites for hydroxylation is 1. The molecule has 22 heavy (non-hydrogen) atoms. The predicted octanol–water partition coefficient (Wildman–Crippen LogP) is 3.78. The van der Waals surface area contributed by atoms with Gasteiger partial charge in [0.25, 0.3) is 0 Å². The maximum absolute atomic E-state index is 4.54. The molecule has 0 bridgehead atoms. The number of rotatable bonds is 9. The van der Waals surface area contributed by atoms with Gasteiger partial charge in [-0.05, 0) is 30.7 Å². The summed E-state index contributed by atoms with van der Waals surface area (Å²) in [4.78, 5) is 15.6. The molecule has 2 aromatic heterocycles. The van der Waals surface area contributed by atoms with Crippen molar-refractivity contribution < 1.29 is 0 Å². The molecule has 0 aliphatic carbocycles. The minimum absolute atomic E-state index is 0.735. The van der Waals surface area contributed by atoms with E-state index in [0.717, 1.165) is 43.5 Å². The highest BCUT2D eigenvalue weighted by Crippen LogP contribution is 2.13. The highest BCUT2D eigenvalue weighted by molar-refractivity contribution is 7.07.